The molecule has 1 aromatic carbocycles. The van der Waals surface area contributed by atoms with Gasteiger partial charge in [-0.2, -0.15) is 0 Å². The Hall–Kier alpha value is -0.610. The van der Waals surface area contributed by atoms with Gasteiger partial charge in [0.15, 0.2) is 0 Å². The molecule has 0 aromatic heterocycles. The van der Waals surface area contributed by atoms with E-state index in [0.29, 0.717) is 6.61 Å². The number of halogens is 1. The lowest BCUT2D eigenvalue weighted by Crippen LogP contribution is -2.46. The van der Waals surface area contributed by atoms with Gasteiger partial charge in [-0.05, 0) is 11.6 Å². The summed E-state index contributed by atoms with van der Waals surface area (Å²) in [5.74, 6) is 0. The lowest BCUT2D eigenvalue weighted by molar-refractivity contribution is -0.0312. The van der Waals surface area contributed by atoms with Gasteiger partial charge in [0, 0.05) is 18.1 Å². The van der Waals surface area contributed by atoms with Crippen LogP contribution in [-0.4, -0.2) is 42.4 Å². The molecule has 0 saturated carbocycles. The maximum Gasteiger partial charge on any atom is 0.0644 e. The number of rotatable bonds is 3. The number of hydrogen-bond donors (Lipinski definition) is 1. The van der Waals surface area contributed by atoms with Crippen molar-refractivity contribution >= 4 is 11.6 Å². The Bertz CT molecular complexity index is 346. The van der Waals surface area contributed by atoms with Crippen molar-refractivity contribution in [3.05, 3.63) is 34.9 Å². The summed E-state index contributed by atoms with van der Waals surface area (Å²) in [7, 11) is 0. The number of ether oxygens (including phenoxy) is 1. The van der Waals surface area contributed by atoms with E-state index in [-0.39, 0.29) is 12.6 Å². The van der Waals surface area contributed by atoms with E-state index in [1.807, 2.05) is 24.3 Å². The van der Waals surface area contributed by atoms with Crippen LogP contribution in [0.15, 0.2) is 24.3 Å². The van der Waals surface area contributed by atoms with E-state index in [1.54, 1.807) is 0 Å². The van der Waals surface area contributed by atoms with Crippen molar-refractivity contribution in [1.82, 2.24) is 4.90 Å². The summed E-state index contributed by atoms with van der Waals surface area (Å²) < 4.78 is 5.34. The molecule has 1 aliphatic heterocycles. The van der Waals surface area contributed by atoms with Crippen LogP contribution in [0, 0.1) is 0 Å². The molecule has 3 nitrogen and oxygen atoms in total. The van der Waals surface area contributed by atoms with Crippen LogP contribution in [0.25, 0.3) is 0 Å². The average Bonchev–Trinajstić information content (AvgIpc) is 2.33. The quantitative estimate of drug-likeness (QED) is 0.871. The molecule has 16 heavy (non-hydrogen) atoms. The second-order valence-electron chi connectivity index (χ2n) is 3.97. The van der Waals surface area contributed by atoms with Gasteiger partial charge in [-0.15, -0.1) is 0 Å². The van der Waals surface area contributed by atoms with E-state index in [1.165, 1.54) is 0 Å². The predicted molar refractivity (Wildman–Crippen MR) is 63.6 cm³/mol. The minimum absolute atomic E-state index is 0.0880. The van der Waals surface area contributed by atoms with Gasteiger partial charge in [0.1, 0.15) is 0 Å². The zero-order valence-electron chi connectivity index (χ0n) is 9.10. The molecule has 1 heterocycles. The van der Waals surface area contributed by atoms with Gasteiger partial charge in [-0.25, -0.2) is 0 Å². The van der Waals surface area contributed by atoms with Crippen LogP contribution < -0.4 is 0 Å². The first kappa shape index (κ1) is 11.9. The van der Waals surface area contributed by atoms with Crippen LogP contribution in [0.4, 0.5) is 0 Å². The van der Waals surface area contributed by atoms with E-state index in [2.05, 4.69) is 4.90 Å². The number of benzene rings is 1. The minimum atomic E-state index is 0.0880. The molecule has 2 rings (SSSR count). The topological polar surface area (TPSA) is 32.7 Å². The number of aliphatic hydroxyl groups excluding tert-OH is 1. The number of hydrogen-bond acceptors (Lipinski definition) is 3. The third kappa shape index (κ3) is 2.74. The minimum Gasteiger partial charge on any atom is -0.395 e. The highest BCUT2D eigenvalue weighted by Crippen LogP contribution is 2.19. The molecule has 0 radical (unpaired) electrons. The van der Waals surface area contributed by atoms with E-state index in [4.69, 9.17) is 16.3 Å². The molecule has 1 unspecified atom stereocenters. The second kappa shape index (κ2) is 5.64. The van der Waals surface area contributed by atoms with Crippen LogP contribution in [0.2, 0.25) is 5.02 Å². The Labute approximate surface area is 101 Å². The van der Waals surface area contributed by atoms with Gasteiger partial charge in [0.05, 0.1) is 25.9 Å². The monoisotopic (exact) mass is 241 g/mol. The van der Waals surface area contributed by atoms with Gasteiger partial charge in [0.2, 0.25) is 0 Å². The fourth-order valence-electron chi connectivity index (χ4n) is 1.91. The average molecular weight is 242 g/mol. The highest BCUT2D eigenvalue weighted by atomic mass is 35.5. The van der Waals surface area contributed by atoms with E-state index in [9.17, 15) is 5.11 Å². The van der Waals surface area contributed by atoms with Crippen molar-refractivity contribution in [2.45, 2.75) is 12.6 Å². The van der Waals surface area contributed by atoms with Gasteiger partial charge in [-0.3, -0.25) is 4.90 Å². The van der Waals surface area contributed by atoms with Crippen LogP contribution >= 0.6 is 11.6 Å². The molecule has 1 N–H and O–H groups in total. The fourth-order valence-corrected chi connectivity index (χ4v) is 2.11. The molecule has 88 valence electrons. The summed E-state index contributed by atoms with van der Waals surface area (Å²) in [6, 6.07) is 7.91. The van der Waals surface area contributed by atoms with Crippen LogP contribution in [0.3, 0.4) is 0 Å². The maximum absolute atomic E-state index is 9.25. The lowest BCUT2D eigenvalue weighted by atomic mass is 10.1. The highest BCUT2D eigenvalue weighted by Gasteiger charge is 2.22. The molecule has 1 saturated heterocycles. The maximum atomic E-state index is 9.25. The van der Waals surface area contributed by atoms with E-state index >= 15 is 0 Å². The molecule has 0 amide bonds. The molecular weight excluding hydrogens is 226 g/mol. The standard InChI is InChI=1S/C12H16ClNO2/c13-12-4-2-1-3-10(12)7-14-5-6-16-9-11(14)8-15/h1-4,11,15H,5-9H2. The normalized spacial score (nSPS) is 22.2. The number of morpholine rings is 1. The highest BCUT2D eigenvalue weighted by molar-refractivity contribution is 6.31. The van der Waals surface area contributed by atoms with Crippen molar-refractivity contribution in [3.63, 3.8) is 0 Å². The number of aliphatic hydroxyl groups is 1. The van der Waals surface area contributed by atoms with Gasteiger partial charge in [0.25, 0.3) is 0 Å². The molecule has 1 aliphatic rings. The zero-order chi connectivity index (χ0) is 11.4. The van der Waals surface area contributed by atoms with Crippen LogP contribution in [0.5, 0.6) is 0 Å². The van der Waals surface area contributed by atoms with E-state index < -0.39 is 0 Å². The summed E-state index contributed by atoms with van der Waals surface area (Å²) in [4.78, 5) is 2.21. The largest absolute Gasteiger partial charge is 0.395 e. The van der Waals surface area contributed by atoms with E-state index in [0.717, 1.165) is 30.3 Å². The van der Waals surface area contributed by atoms with Gasteiger partial charge < -0.3 is 9.84 Å². The molecule has 4 heteroatoms. The second-order valence-corrected chi connectivity index (χ2v) is 4.38. The third-order valence-corrected chi connectivity index (χ3v) is 3.26. The summed E-state index contributed by atoms with van der Waals surface area (Å²) >= 11 is 6.11. The molecular formula is C12H16ClNO2. The van der Waals surface area contributed by atoms with Gasteiger partial charge >= 0.3 is 0 Å². The summed E-state index contributed by atoms with van der Waals surface area (Å²) in [5, 5.41) is 10.0. The molecule has 1 atom stereocenters. The SMILES string of the molecule is OCC1COCCN1Cc1ccccc1Cl. The van der Waals surface area contributed by atoms with Gasteiger partial charge in [-0.1, -0.05) is 29.8 Å². The molecule has 1 aromatic rings. The van der Waals surface area contributed by atoms with Crippen LogP contribution in [0.1, 0.15) is 5.56 Å². The Morgan fingerprint density at radius 1 is 1.44 bits per heavy atom. The first-order valence-electron chi connectivity index (χ1n) is 5.47. The summed E-state index contributed by atoms with van der Waals surface area (Å²) in [6.45, 7) is 3.07. The Kier molecular flexibility index (Phi) is 4.18. The Morgan fingerprint density at radius 3 is 3.00 bits per heavy atom. The first-order chi connectivity index (χ1) is 7.81. The summed E-state index contributed by atoms with van der Waals surface area (Å²) in [6.07, 6.45) is 0. The van der Waals surface area contributed by atoms with Crippen molar-refractivity contribution in [3.8, 4) is 0 Å². The van der Waals surface area contributed by atoms with Crippen molar-refractivity contribution in [2.24, 2.45) is 0 Å². The molecule has 0 spiro atoms. The molecule has 0 bridgehead atoms. The molecule has 0 aliphatic carbocycles. The van der Waals surface area contributed by atoms with Crippen molar-refractivity contribution in [1.29, 1.82) is 0 Å². The number of nitrogens with zero attached hydrogens (tertiary/aromatic N) is 1. The lowest BCUT2D eigenvalue weighted by Gasteiger charge is -2.34. The third-order valence-electron chi connectivity index (χ3n) is 2.89. The zero-order valence-corrected chi connectivity index (χ0v) is 9.86. The first-order valence-corrected chi connectivity index (χ1v) is 5.85. The summed E-state index contributed by atoms with van der Waals surface area (Å²) in [5.41, 5.74) is 1.10. The van der Waals surface area contributed by atoms with Crippen molar-refractivity contribution < 1.29 is 9.84 Å². The smallest absolute Gasteiger partial charge is 0.0644 e. The Balaban J connectivity index is 2.05. The fraction of sp³-hybridized carbons (Fsp3) is 0.500. The van der Waals surface area contributed by atoms with Crippen LogP contribution in [-0.2, 0) is 11.3 Å². The van der Waals surface area contributed by atoms with Crippen molar-refractivity contribution in [2.75, 3.05) is 26.4 Å². The Morgan fingerprint density at radius 2 is 2.25 bits per heavy atom. The predicted octanol–water partition coefficient (Wildman–Crippen LogP) is 1.53. The molecule has 1 fully saturated rings.